The second-order valence-corrected chi connectivity index (χ2v) is 6.03. The minimum Gasteiger partial charge on any atom is -0.388 e. The standard InChI is InChI=1S/C16H19N5OS/c1-2-9-20-15(11-22)17-18-16(20)23-12-13-8-10-21(19-13)14-6-4-3-5-7-14/h3-8,10,22H,2,9,11-12H2,1H3. The molecule has 0 fully saturated rings. The van der Waals surface area contributed by atoms with Gasteiger partial charge in [0, 0.05) is 18.5 Å². The summed E-state index contributed by atoms with van der Waals surface area (Å²) >= 11 is 1.59. The van der Waals surface area contributed by atoms with Gasteiger partial charge in [-0.2, -0.15) is 5.10 Å². The summed E-state index contributed by atoms with van der Waals surface area (Å²) < 4.78 is 3.84. The zero-order valence-electron chi connectivity index (χ0n) is 13.0. The van der Waals surface area contributed by atoms with Crippen molar-refractivity contribution in [2.45, 2.75) is 37.4 Å². The second kappa shape index (κ2) is 7.43. The molecule has 0 unspecified atom stereocenters. The van der Waals surface area contributed by atoms with Gasteiger partial charge in [-0.25, -0.2) is 4.68 Å². The summed E-state index contributed by atoms with van der Waals surface area (Å²) in [5.74, 6) is 1.33. The molecule has 0 spiro atoms. The van der Waals surface area contributed by atoms with Crippen LogP contribution in [0.2, 0.25) is 0 Å². The first-order chi connectivity index (χ1) is 11.3. The average molecular weight is 329 g/mol. The number of para-hydroxylation sites is 1. The zero-order valence-corrected chi connectivity index (χ0v) is 13.8. The summed E-state index contributed by atoms with van der Waals surface area (Å²) in [7, 11) is 0. The number of hydrogen-bond donors (Lipinski definition) is 1. The van der Waals surface area contributed by atoms with Gasteiger partial charge in [0.1, 0.15) is 6.61 Å². The number of rotatable bonds is 7. The first-order valence-electron chi connectivity index (χ1n) is 7.57. The average Bonchev–Trinajstić information content (AvgIpc) is 3.21. The quantitative estimate of drug-likeness (QED) is 0.675. The molecule has 0 amide bonds. The summed E-state index contributed by atoms with van der Waals surface area (Å²) in [6.45, 7) is 2.82. The molecular formula is C16H19N5OS. The van der Waals surface area contributed by atoms with E-state index < -0.39 is 0 Å². The lowest BCUT2D eigenvalue weighted by molar-refractivity contribution is 0.263. The fraction of sp³-hybridized carbons (Fsp3) is 0.312. The van der Waals surface area contributed by atoms with Crippen molar-refractivity contribution >= 4 is 11.8 Å². The monoisotopic (exact) mass is 329 g/mol. The van der Waals surface area contributed by atoms with Crippen LogP contribution >= 0.6 is 11.8 Å². The lowest BCUT2D eigenvalue weighted by Crippen LogP contribution is -2.04. The Morgan fingerprint density at radius 2 is 1.96 bits per heavy atom. The normalized spacial score (nSPS) is 11.0. The largest absolute Gasteiger partial charge is 0.388 e. The van der Waals surface area contributed by atoms with Crippen molar-refractivity contribution in [3.05, 3.63) is 54.1 Å². The van der Waals surface area contributed by atoms with Gasteiger partial charge < -0.3 is 9.67 Å². The third kappa shape index (κ3) is 3.62. The van der Waals surface area contributed by atoms with E-state index in [9.17, 15) is 5.11 Å². The Balaban J connectivity index is 1.70. The van der Waals surface area contributed by atoms with Gasteiger partial charge in [-0.05, 0) is 24.6 Å². The Morgan fingerprint density at radius 3 is 2.70 bits per heavy atom. The van der Waals surface area contributed by atoms with Gasteiger partial charge in [-0.1, -0.05) is 36.9 Å². The van der Waals surface area contributed by atoms with E-state index in [0.29, 0.717) is 11.6 Å². The maximum absolute atomic E-state index is 9.32. The minimum absolute atomic E-state index is 0.0871. The highest BCUT2D eigenvalue weighted by molar-refractivity contribution is 7.98. The summed E-state index contributed by atoms with van der Waals surface area (Å²) in [4.78, 5) is 0. The third-order valence-corrected chi connectivity index (χ3v) is 4.40. The molecule has 23 heavy (non-hydrogen) atoms. The molecule has 0 aliphatic carbocycles. The summed E-state index contributed by atoms with van der Waals surface area (Å²) in [5, 5.41) is 22.9. The number of nitrogens with zero attached hydrogens (tertiary/aromatic N) is 5. The number of aliphatic hydroxyl groups is 1. The van der Waals surface area contributed by atoms with E-state index in [1.165, 1.54) is 0 Å². The maximum Gasteiger partial charge on any atom is 0.191 e. The van der Waals surface area contributed by atoms with E-state index in [1.807, 2.05) is 51.8 Å². The lowest BCUT2D eigenvalue weighted by atomic mass is 10.3. The summed E-state index contributed by atoms with van der Waals surface area (Å²) in [6, 6.07) is 12.0. The summed E-state index contributed by atoms with van der Waals surface area (Å²) in [5.41, 5.74) is 2.02. The fourth-order valence-electron chi connectivity index (χ4n) is 2.29. The minimum atomic E-state index is -0.0871. The predicted octanol–water partition coefficient (Wildman–Crippen LogP) is 2.66. The molecule has 1 N–H and O–H groups in total. The van der Waals surface area contributed by atoms with Crippen LogP contribution in [0.1, 0.15) is 24.9 Å². The van der Waals surface area contributed by atoms with E-state index in [-0.39, 0.29) is 6.61 Å². The van der Waals surface area contributed by atoms with E-state index in [1.54, 1.807) is 11.8 Å². The van der Waals surface area contributed by atoms with Crippen LogP contribution in [0.25, 0.3) is 5.69 Å². The van der Waals surface area contributed by atoms with Crippen LogP contribution in [0, 0.1) is 0 Å². The number of hydrogen-bond acceptors (Lipinski definition) is 5. The molecule has 0 atom stereocenters. The molecule has 0 aliphatic rings. The zero-order chi connectivity index (χ0) is 16.1. The number of aliphatic hydroxyl groups excluding tert-OH is 1. The van der Waals surface area contributed by atoms with Crippen LogP contribution < -0.4 is 0 Å². The van der Waals surface area contributed by atoms with Crippen LogP contribution in [0.4, 0.5) is 0 Å². The highest BCUT2D eigenvalue weighted by atomic mass is 32.2. The number of aromatic nitrogens is 5. The highest BCUT2D eigenvalue weighted by Gasteiger charge is 2.12. The Labute approximate surface area is 139 Å². The van der Waals surface area contributed by atoms with Crippen LogP contribution in [0.3, 0.4) is 0 Å². The first kappa shape index (κ1) is 15.8. The van der Waals surface area contributed by atoms with Crippen LogP contribution in [-0.4, -0.2) is 29.7 Å². The Hall–Kier alpha value is -2.12. The second-order valence-electron chi connectivity index (χ2n) is 5.08. The van der Waals surface area contributed by atoms with E-state index in [2.05, 4.69) is 22.2 Å². The molecule has 7 heteroatoms. The molecule has 0 radical (unpaired) electrons. The summed E-state index contributed by atoms with van der Waals surface area (Å²) in [6.07, 6.45) is 2.93. The maximum atomic E-state index is 9.32. The lowest BCUT2D eigenvalue weighted by Gasteiger charge is -2.06. The number of thioether (sulfide) groups is 1. The van der Waals surface area contributed by atoms with E-state index in [0.717, 1.165) is 29.5 Å². The number of benzene rings is 1. The third-order valence-electron chi connectivity index (χ3n) is 3.40. The highest BCUT2D eigenvalue weighted by Crippen LogP contribution is 2.22. The SMILES string of the molecule is CCCn1c(CO)nnc1SCc1ccn(-c2ccccc2)n1. The smallest absolute Gasteiger partial charge is 0.191 e. The van der Waals surface area contributed by atoms with Gasteiger partial charge in [-0.15, -0.1) is 10.2 Å². The Morgan fingerprint density at radius 1 is 1.13 bits per heavy atom. The molecule has 3 rings (SSSR count). The molecule has 0 saturated heterocycles. The molecule has 2 heterocycles. The molecule has 1 aromatic carbocycles. The molecule has 0 aliphatic heterocycles. The van der Waals surface area contributed by atoms with Crippen molar-refractivity contribution in [3.8, 4) is 5.69 Å². The van der Waals surface area contributed by atoms with Crippen LogP contribution in [-0.2, 0) is 18.9 Å². The Bertz CT molecular complexity index is 753. The van der Waals surface area contributed by atoms with Gasteiger partial charge in [0.05, 0.1) is 11.4 Å². The van der Waals surface area contributed by atoms with Gasteiger partial charge in [0.15, 0.2) is 11.0 Å². The van der Waals surface area contributed by atoms with Gasteiger partial charge in [0.25, 0.3) is 0 Å². The topological polar surface area (TPSA) is 68.8 Å². The molecular weight excluding hydrogens is 310 g/mol. The van der Waals surface area contributed by atoms with Crippen molar-refractivity contribution < 1.29 is 5.11 Å². The van der Waals surface area contributed by atoms with Crippen molar-refractivity contribution in [2.24, 2.45) is 0 Å². The predicted molar refractivity (Wildman–Crippen MR) is 89.4 cm³/mol. The van der Waals surface area contributed by atoms with Crippen molar-refractivity contribution in [2.75, 3.05) is 0 Å². The first-order valence-corrected chi connectivity index (χ1v) is 8.56. The van der Waals surface area contributed by atoms with Gasteiger partial charge >= 0.3 is 0 Å². The van der Waals surface area contributed by atoms with Crippen LogP contribution in [0.5, 0.6) is 0 Å². The van der Waals surface area contributed by atoms with Gasteiger partial charge in [-0.3, -0.25) is 0 Å². The molecule has 6 nitrogen and oxygen atoms in total. The Kier molecular flexibility index (Phi) is 5.09. The van der Waals surface area contributed by atoms with Crippen molar-refractivity contribution in [3.63, 3.8) is 0 Å². The van der Waals surface area contributed by atoms with Gasteiger partial charge in [0.2, 0.25) is 0 Å². The molecule has 2 aromatic heterocycles. The van der Waals surface area contributed by atoms with E-state index in [4.69, 9.17) is 0 Å². The van der Waals surface area contributed by atoms with Crippen molar-refractivity contribution in [1.82, 2.24) is 24.5 Å². The molecule has 3 aromatic rings. The van der Waals surface area contributed by atoms with E-state index >= 15 is 0 Å². The molecule has 0 bridgehead atoms. The fourth-order valence-corrected chi connectivity index (χ4v) is 3.17. The molecule has 120 valence electrons. The van der Waals surface area contributed by atoms with Crippen LogP contribution in [0.15, 0.2) is 47.8 Å². The molecule has 0 saturated carbocycles. The van der Waals surface area contributed by atoms with Crippen molar-refractivity contribution in [1.29, 1.82) is 0 Å².